The average molecular weight is 415 g/mol. The minimum Gasteiger partial charge on any atom is -0.484 e. The van der Waals surface area contributed by atoms with E-state index in [1.807, 2.05) is 13.8 Å². The van der Waals surface area contributed by atoms with Crippen molar-refractivity contribution in [2.75, 3.05) is 19.7 Å². The van der Waals surface area contributed by atoms with Gasteiger partial charge in [-0.15, -0.1) is 0 Å². The predicted octanol–water partition coefficient (Wildman–Crippen LogP) is 1.77. The van der Waals surface area contributed by atoms with Crippen LogP contribution in [0.3, 0.4) is 0 Å². The lowest BCUT2D eigenvalue weighted by Gasteiger charge is -2.11. The largest absolute Gasteiger partial charge is 0.484 e. The van der Waals surface area contributed by atoms with Crippen molar-refractivity contribution in [3.05, 3.63) is 39.7 Å². The van der Waals surface area contributed by atoms with E-state index in [2.05, 4.69) is 20.2 Å². The molecule has 3 N–H and O–H groups in total. The molecule has 1 aromatic carbocycles. The Morgan fingerprint density at radius 1 is 1.19 bits per heavy atom. The van der Waals surface area contributed by atoms with Crippen molar-refractivity contribution in [3.8, 4) is 5.75 Å². The van der Waals surface area contributed by atoms with E-state index in [4.69, 9.17) is 16.3 Å². The number of benzene rings is 1. The molecule has 0 atom stereocenters. The molecular formula is C17H23ClN4O4S. The number of halogens is 1. The Bertz CT molecular complexity index is 898. The molecule has 0 saturated carbocycles. The van der Waals surface area contributed by atoms with Crippen LogP contribution >= 0.6 is 11.6 Å². The topological polar surface area (TPSA) is 113 Å². The fourth-order valence-electron chi connectivity index (χ4n) is 2.59. The molecule has 0 spiro atoms. The molecule has 0 aliphatic rings. The molecule has 0 fully saturated rings. The first-order valence-corrected chi connectivity index (χ1v) is 10.2. The van der Waals surface area contributed by atoms with E-state index in [0.717, 1.165) is 11.1 Å². The zero-order valence-electron chi connectivity index (χ0n) is 15.6. The first-order valence-electron chi connectivity index (χ1n) is 8.29. The number of ether oxygens (including phenoxy) is 1. The molecule has 2 rings (SSSR count). The highest BCUT2D eigenvalue weighted by molar-refractivity contribution is 7.89. The third-order valence-electron chi connectivity index (χ3n) is 3.85. The van der Waals surface area contributed by atoms with E-state index in [1.165, 1.54) is 0 Å². The fourth-order valence-corrected chi connectivity index (χ4v) is 4.09. The van der Waals surface area contributed by atoms with Crippen LogP contribution in [0, 0.1) is 27.7 Å². The van der Waals surface area contributed by atoms with Crippen molar-refractivity contribution in [2.24, 2.45) is 0 Å². The normalized spacial score (nSPS) is 11.4. The molecule has 0 aliphatic heterocycles. The molecule has 148 valence electrons. The van der Waals surface area contributed by atoms with E-state index in [9.17, 15) is 13.2 Å². The van der Waals surface area contributed by atoms with Crippen LogP contribution in [-0.4, -0.2) is 44.2 Å². The Kier molecular flexibility index (Phi) is 6.85. The van der Waals surface area contributed by atoms with Gasteiger partial charge in [-0.2, -0.15) is 5.10 Å². The molecule has 8 nitrogen and oxygen atoms in total. The van der Waals surface area contributed by atoms with Crippen molar-refractivity contribution >= 4 is 27.5 Å². The maximum atomic E-state index is 12.3. The molecular weight excluding hydrogens is 392 g/mol. The number of aromatic nitrogens is 2. The van der Waals surface area contributed by atoms with Crippen LogP contribution in [0.4, 0.5) is 0 Å². The smallest absolute Gasteiger partial charge is 0.257 e. The second kappa shape index (κ2) is 8.73. The Balaban J connectivity index is 1.78. The van der Waals surface area contributed by atoms with Crippen LogP contribution in [0.25, 0.3) is 0 Å². The zero-order valence-corrected chi connectivity index (χ0v) is 17.2. The number of hydrogen-bond donors (Lipinski definition) is 3. The summed E-state index contributed by atoms with van der Waals surface area (Å²) >= 11 is 6.09. The lowest BCUT2D eigenvalue weighted by Crippen LogP contribution is -2.37. The quantitative estimate of drug-likeness (QED) is 0.570. The molecule has 1 aromatic heterocycles. The second-order valence-corrected chi connectivity index (χ2v) is 8.25. The number of aromatic amines is 1. The third kappa shape index (κ3) is 5.44. The first-order chi connectivity index (χ1) is 12.6. The fraction of sp³-hybridized carbons (Fsp3) is 0.412. The molecule has 0 bridgehead atoms. The highest BCUT2D eigenvalue weighted by atomic mass is 35.5. The van der Waals surface area contributed by atoms with Gasteiger partial charge in [0.25, 0.3) is 5.91 Å². The number of hydrogen-bond acceptors (Lipinski definition) is 5. The van der Waals surface area contributed by atoms with Crippen molar-refractivity contribution in [1.82, 2.24) is 20.2 Å². The summed E-state index contributed by atoms with van der Waals surface area (Å²) in [6.07, 6.45) is 0. The number of aryl methyl sites for hydroxylation is 4. The Hall–Kier alpha value is -2.10. The van der Waals surface area contributed by atoms with Gasteiger partial charge in [0.15, 0.2) is 6.61 Å². The molecule has 27 heavy (non-hydrogen) atoms. The number of carbonyl (C=O) groups excluding carboxylic acids is 1. The van der Waals surface area contributed by atoms with Crippen molar-refractivity contribution in [3.63, 3.8) is 0 Å². The summed E-state index contributed by atoms with van der Waals surface area (Å²) in [5.41, 5.74) is 2.59. The molecule has 1 heterocycles. The van der Waals surface area contributed by atoms with Crippen molar-refractivity contribution in [2.45, 2.75) is 32.6 Å². The standard InChI is InChI=1S/C17H23ClN4O4S/c1-10-7-14(8-11(2)16(10)18)26-9-15(23)19-5-6-20-27(24,25)17-12(3)21-22-13(17)4/h7-8,20H,5-6,9H2,1-4H3,(H,19,23)(H,21,22). The summed E-state index contributed by atoms with van der Waals surface area (Å²) in [5, 5.41) is 9.77. The maximum Gasteiger partial charge on any atom is 0.257 e. The first kappa shape index (κ1) is 21.2. The number of amides is 1. The number of sulfonamides is 1. The van der Waals surface area contributed by atoms with Gasteiger partial charge in [0.1, 0.15) is 10.6 Å². The molecule has 0 aliphatic carbocycles. The van der Waals surface area contributed by atoms with Gasteiger partial charge in [-0.3, -0.25) is 9.89 Å². The van der Waals surface area contributed by atoms with E-state index in [-0.39, 0.29) is 30.5 Å². The monoisotopic (exact) mass is 414 g/mol. The number of H-pyrrole nitrogens is 1. The highest BCUT2D eigenvalue weighted by Gasteiger charge is 2.21. The van der Waals surface area contributed by atoms with Gasteiger partial charge in [0.2, 0.25) is 10.0 Å². The number of rotatable bonds is 8. The van der Waals surface area contributed by atoms with E-state index in [1.54, 1.807) is 26.0 Å². The van der Waals surface area contributed by atoms with Crippen LogP contribution in [0.15, 0.2) is 17.0 Å². The van der Waals surface area contributed by atoms with Gasteiger partial charge < -0.3 is 10.1 Å². The van der Waals surface area contributed by atoms with Crippen LogP contribution in [0.5, 0.6) is 5.75 Å². The Morgan fingerprint density at radius 2 is 1.81 bits per heavy atom. The van der Waals surface area contributed by atoms with Gasteiger partial charge in [-0.25, -0.2) is 13.1 Å². The van der Waals surface area contributed by atoms with Gasteiger partial charge >= 0.3 is 0 Å². The summed E-state index contributed by atoms with van der Waals surface area (Å²) < 4.78 is 32.4. The molecule has 0 radical (unpaired) electrons. The molecule has 0 saturated heterocycles. The third-order valence-corrected chi connectivity index (χ3v) is 6.17. The average Bonchev–Trinajstić information content (AvgIpc) is 2.94. The molecule has 1 amide bonds. The van der Waals surface area contributed by atoms with Gasteiger partial charge in [0.05, 0.1) is 11.4 Å². The van der Waals surface area contributed by atoms with Crippen LogP contribution in [-0.2, 0) is 14.8 Å². The number of carbonyl (C=O) groups is 1. The van der Waals surface area contributed by atoms with Gasteiger partial charge in [-0.05, 0) is 51.0 Å². The van der Waals surface area contributed by atoms with E-state index in [0.29, 0.717) is 22.2 Å². The second-order valence-electron chi connectivity index (χ2n) is 6.17. The number of nitrogens with zero attached hydrogens (tertiary/aromatic N) is 1. The van der Waals surface area contributed by atoms with Crippen molar-refractivity contribution in [1.29, 1.82) is 0 Å². The van der Waals surface area contributed by atoms with Crippen molar-refractivity contribution < 1.29 is 17.9 Å². The minimum absolute atomic E-state index is 0.0529. The molecule has 10 heteroatoms. The molecule has 0 unspecified atom stereocenters. The SMILES string of the molecule is Cc1cc(OCC(=O)NCCNS(=O)(=O)c2c(C)n[nH]c2C)cc(C)c1Cl. The summed E-state index contributed by atoms with van der Waals surface area (Å²) in [4.78, 5) is 12.0. The summed E-state index contributed by atoms with van der Waals surface area (Å²) in [6.45, 7) is 6.97. The minimum atomic E-state index is -3.68. The predicted molar refractivity (Wildman–Crippen MR) is 103 cm³/mol. The highest BCUT2D eigenvalue weighted by Crippen LogP contribution is 2.25. The van der Waals surface area contributed by atoms with Crippen LogP contribution in [0.1, 0.15) is 22.5 Å². The zero-order chi connectivity index (χ0) is 20.2. The summed E-state index contributed by atoms with van der Waals surface area (Å²) in [7, 11) is -3.68. The summed E-state index contributed by atoms with van der Waals surface area (Å²) in [5.74, 6) is 0.200. The lowest BCUT2D eigenvalue weighted by molar-refractivity contribution is -0.123. The van der Waals surface area contributed by atoms with E-state index >= 15 is 0 Å². The lowest BCUT2D eigenvalue weighted by atomic mass is 10.1. The van der Waals surface area contributed by atoms with Crippen LogP contribution < -0.4 is 14.8 Å². The van der Waals surface area contributed by atoms with Gasteiger partial charge in [-0.1, -0.05) is 11.6 Å². The Morgan fingerprint density at radius 3 is 2.37 bits per heavy atom. The number of nitrogens with one attached hydrogen (secondary N) is 3. The van der Waals surface area contributed by atoms with Crippen LogP contribution in [0.2, 0.25) is 5.02 Å². The van der Waals surface area contributed by atoms with E-state index < -0.39 is 10.0 Å². The van der Waals surface area contributed by atoms with Gasteiger partial charge in [0, 0.05) is 18.1 Å². The summed E-state index contributed by atoms with van der Waals surface area (Å²) in [6, 6.07) is 3.51. The maximum absolute atomic E-state index is 12.3. The Labute approximate surface area is 163 Å². The molecule has 2 aromatic rings.